The first kappa shape index (κ1) is 24.9. The first-order valence-electron chi connectivity index (χ1n) is 11.0. The number of fused-ring (bicyclic) bond motifs is 1. The van der Waals surface area contributed by atoms with Crippen molar-refractivity contribution in [3.05, 3.63) is 65.7 Å². The van der Waals surface area contributed by atoms with Gasteiger partial charge in [0.2, 0.25) is 11.7 Å². The summed E-state index contributed by atoms with van der Waals surface area (Å²) in [4.78, 5) is 25.3. The predicted octanol–water partition coefficient (Wildman–Crippen LogP) is 3.38. The largest absolute Gasteiger partial charge is 0.493 e. The van der Waals surface area contributed by atoms with Crippen molar-refractivity contribution in [2.24, 2.45) is 0 Å². The molecule has 180 valence electrons. The van der Waals surface area contributed by atoms with E-state index in [1.807, 2.05) is 42.5 Å². The third-order valence-electron chi connectivity index (χ3n) is 5.34. The summed E-state index contributed by atoms with van der Waals surface area (Å²) in [6, 6.07) is 16.3. The highest BCUT2D eigenvalue weighted by molar-refractivity contribution is 5.91. The van der Waals surface area contributed by atoms with E-state index in [1.165, 1.54) is 21.3 Å². The van der Waals surface area contributed by atoms with E-state index in [0.29, 0.717) is 17.2 Å². The van der Waals surface area contributed by atoms with Gasteiger partial charge in [0.25, 0.3) is 0 Å². The maximum Gasteiger partial charge on any atom is 0.327 e. The van der Waals surface area contributed by atoms with E-state index in [4.69, 9.17) is 18.9 Å². The Labute approximate surface area is 199 Å². The van der Waals surface area contributed by atoms with Crippen LogP contribution in [-0.4, -0.2) is 46.4 Å². The van der Waals surface area contributed by atoms with Crippen molar-refractivity contribution < 1.29 is 28.5 Å². The van der Waals surface area contributed by atoms with Crippen molar-refractivity contribution in [1.29, 1.82) is 0 Å². The van der Waals surface area contributed by atoms with Crippen LogP contribution in [0.5, 0.6) is 17.2 Å². The molecule has 1 unspecified atom stereocenters. The number of hydrogen-bond acceptors (Lipinski definition) is 7. The second kappa shape index (κ2) is 11.9. The Morgan fingerprint density at radius 2 is 1.59 bits per heavy atom. The molecule has 1 atom stereocenters. The molecule has 0 aromatic heterocycles. The molecule has 2 N–H and O–H groups in total. The molecule has 0 heterocycles. The fourth-order valence-electron chi connectivity index (χ4n) is 3.74. The molecule has 0 saturated carbocycles. The summed E-state index contributed by atoms with van der Waals surface area (Å²) < 4.78 is 21.3. The smallest absolute Gasteiger partial charge is 0.327 e. The lowest BCUT2D eigenvalue weighted by atomic mass is 9.98. The Kier molecular flexibility index (Phi) is 8.70. The van der Waals surface area contributed by atoms with Gasteiger partial charge in [-0.2, -0.15) is 0 Å². The van der Waals surface area contributed by atoms with Crippen LogP contribution in [-0.2, 0) is 20.9 Å². The molecule has 0 radical (unpaired) electrons. The first-order valence-corrected chi connectivity index (χ1v) is 11.0. The van der Waals surface area contributed by atoms with Gasteiger partial charge in [-0.15, -0.1) is 0 Å². The topological polar surface area (TPSA) is 95.1 Å². The van der Waals surface area contributed by atoms with Gasteiger partial charge in [-0.25, -0.2) is 4.79 Å². The number of hydrogen-bond donors (Lipinski definition) is 2. The number of nitrogens with one attached hydrogen (secondary N) is 2. The van der Waals surface area contributed by atoms with Crippen LogP contribution < -0.4 is 24.8 Å². The third kappa shape index (κ3) is 5.77. The fourth-order valence-corrected chi connectivity index (χ4v) is 3.74. The highest BCUT2D eigenvalue weighted by Gasteiger charge is 2.24. The summed E-state index contributed by atoms with van der Waals surface area (Å²) in [6.45, 7) is 2.17. The van der Waals surface area contributed by atoms with Crippen molar-refractivity contribution in [2.75, 3.05) is 34.5 Å². The van der Waals surface area contributed by atoms with Gasteiger partial charge in [0.05, 0.1) is 34.5 Å². The lowest BCUT2D eigenvalue weighted by Gasteiger charge is -2.19. The van der Waals surface area contributed by atoms with Crippen molar-refractivity contribution in [1.82, 2.24) is 10.6 Å². The Bertz CT molecular complexity index is 1120. The molecule has 3 aromatic rings. The average Bonchev–Trinajstić information content (AvgIpc) is 2.87. The number of methoxy groups -OCH3 is 3. The van der Waals surface area contributed by atoms with Crippen LogP contribution in [0.2, 0.25) is 0 Å². The Morgan fingerprint density at radius 1 is 0.912 bits per heavy atom. The van der Waals surface area contributed by atoms with Crippen molar-refractivity contribution >= 4 is 22.6 Å². The molecule has 3 aromatic carbocycles. The molecule has 3 rings (SSSR count). The van der Waals surface area contributed by atoms with Gasteiger partial charge < -0.3 is 24.3 Å². The average molecular weight is 467 g/mol. The Hall–Kier alpha value is -3.78. The molecule has 8 heteroatoms. The number of carbonyl (C=O) groups is 2. The van der Waals surface area contributed by atoms with Crippen LogP contribution in [0.3, 0.4) is 0 Å². The quantitative estimate of drug-likeness (QED) is 0.418. The van der Waals surface area contributed by atoms with Gasteiger partial charge in [-0.05, 0) is 41.0 Å². The van der Waals surface area contributed by atoms with E-state index in [9.17, 15) is 9.59 Å². The highest BCUT2D eigenvalue weighted by Crippen LogP contribution is 2.38. The van der Waals surface area contributed by atoms with E-state index < -0.39 is 12.0 Å². The predicted molar refractivity (Wildman–Crippen MR) is 129 cm³/mol. The minimum atomic E-state index is -0.780. The zero-order chi connectivity index (χ0) is 24.5. The van der Waals surface area contributed by atoms with Crippen LogP contribution in [0, 0.1) is 0 Å². The molecule has 0 bridgehead atoms. The second-order valence-electron chi connectivity index (χ2n) is 7.44. The van der Waals surface area contributed by atoms with Gasteiger partial charge in [-0.1, -0.05) is 42.5 Å². The van der Waals surface area contributed by atoms with Gasteiger partial charge in [0.15, 0.2) is 11.5 Å². The molecule has 0 fully saturated rings. The molecular weight excluding hydrogens is 436 g/mol. The van der Waals surface area contributed by atoms with E-state index >= 15 is 0 Å². The van der Waals surface area contributed by atoms with Crippen LogP contribution in [0.15, 0.2) is 54.6 Å². The maximum atomic E-state index is 12.7. The van der Waals surface area contributed by atoms with Crippen molar-refractivity contribution in [3.8, 4) is 17.2 Å². The minimum Gasteiger partial charge on any atom is -0.493 e. The standard InChI is InChI=1S/C26H30N2O6/c1-5-34-26(30)24(20-12-8-10-18-9-6-7-11-19(18)20)28-16-23(29)27-15-17-13-21(31-2)25(33-4)22(14-17)32-3/h6-14,24,28H,5,15-16H2,1-4H3,(H,27,29). The Balaban J connectivity index is 1.71. The molecule has 0 spiro atoms. The molecule has 0 aliphatic carbocycles. The summed E-state index contributed by atoms with van der Waals surface area (Å²) in [5, 5.41) is 7.83. The number of ether oxygens (including phenoxy) is 4. The number of esters is 1. The Morgan fingerprint density at radius 3 is 2.24 bits per heavy atom. The first-order chi connectivity index (χ1) is 16.5. The van der Waals surface area contributed by atoms with E-state index in [-0.39, 0.29) is 25.6 Å². The van der Waals surface area contributed by atoms with Gasteiger partial charge >= 0.3 is 5.97 Å². The summed E-state index contributed by atoms with van der Waals surface area (Å²) in [5.74, 6) is 0.777. The van der Waals surface area contributed by atoms with Gasteiger partial charge in [-0.3, -0.25) is 10.1 Å². The number of benzene rings is 3. The third-order valence-corrected chi connectivity index (χ3v) is 5.34. The summed E-state index contributed by atoms with van der Waals surface area (Å²) in [7, 11) is 4.60. The zero-order valence-electron chi connectivity index (χ0n) is 19.8. The monoisotopic (exact) mass is 466 g/mol. The van der Waals surface area contributed by atoms with E-state index in [0.717, 1.165) is 21.9 Å². The minimum absolute atomic E-state index is 0.0723. The van der Waals surface area contributed by atoms with Crippen molar-refractivity contribution in [2.45, 2.75) is 19.5 Å². The number of carbonyl (C=O) groups excluding carboxylic acids is 2. The molecule has 8 nitrogen and oxygen atoms in total. The highest BCUT2D eigenvalue weighted by atomic mass is 16.5. The summed E-state index contributed by atoms with van der Waals surface area (Å²) in [6.07, 6.45) is 0. The normalized spacial score (nSPS) is 11.5. The van der Waals surface area contributed by atoms with Crippen LogP contribution in [0.4, 0.5) is 0 Å². The molecule has 0 aliphatic heterocycles. The zero-order valence-corrected chi connectivity index (χ0v) is 19.8. The lowest BCUT2D eigenvalue weighted by molar-refractivity contribution is -0.145. The van der Waals surface area contributed by atoms with Crippen LogP contribution in [0.1, 0.15) is 24.1 Å². The summed E-state index contributed by atoms with van der Waals surface area (Å²) in [5.41, 5.74) is 1.54. The van der Waals surface area contributed by atoms with E-state index in [1.54, 1.807) is 19.1 Å². The number of amides is 1. The van der Waals surface area contributed by atoms with Gasteiger partial charge in [0, 0.05) is 6.54 Å². The van der Waals surface area contributed by atoms with Crippen LogP contribution >= 0.6 is 0 Å². The second-order valence-corrected chi connectivity index (χ2v) is 7.44. The molecule has 0 saturated heterocycles. The number of rotatable bonds is 11. The molecular formula is C26H30N2O6. The molecule has 34 heavy (non-hydrogen) atoms. The SMILES string of the molecule is CCOC(=O)C(NCC(=O)NCc1cc(OC)c(OC)c(OC)c1)c1cccc2ccccc12. The molecule has 0 aliphatic rings. The lowest BCUT2D eigenvalue weighted by Crippen LogP contribution is -2.38. The van der Waals surface area contributed by atoms with Crippen LogP contribution in [0.25, 0.3) is 10.8 Å². The van der Waals surface area contributed by atoms with Crippen molar-refractivity contribution in [3.63, 3.8) is 0 Å². The van der Waals surface area contributed by atoms with Gasteiger partial charge in [0.1, 0.15) is 6.04 Å². The molecule has 1 amide bonds. The maximum absolute atomic E-state index is 12.7. The van der Waals surface area contributed by atoms with E-state index in [2.05, 4.69) is 10.6 Å². The summed E-state index contributed by atoms with van der Waals surface area (Å²) >= 11 is 0. The fraction of sp³-hybridized carbons (Fsp3) is 0.308.